The fourth-order valence-electron chi connectivity index (χ4n) is 2.95. The van der Waals surface area contributed by atoms with Gasteiger partial charge in [-0.05, 0) is 10.9 Å². The number of benzene rings is 2. The van der Waals surface area contributed by atoms with Crippen LogP contribution in [0.2, 0.25) is 0 Å². The molecule has 1 aliphatic rings. The molecule has 2 aromatic rings. The van der Waals surface area contributed by atoms with E-state index in [1.807, 2.05) is 0 Å². The molecule has 1 amide bonds. The van der Waals surface area contributed by atoms with E-state index in [4.69, 9.17) is 11.6 Å². The van der Waals surface area contributed by atoms with Gasteiger partial charge in [0.05, 0.1) is 5.69 Å². The third-order valence-electron chi connectivity index (χ3n) is 4.03. The fraction of sp³-hybridized carbons (Fsp3) is 0.267. The lowest BCUT2D eigenvalue weighted by atomic mass is 9.95. The van der Waals surface area contributed by atoms with E-state index in [1.54, 1.807) is 12.1 Å². The smallest absolute Gasteiger partial charge is 0.465 e. The zero-order chi connectivity index (χ0) is 19.3. The summed E-state index contributed by atoms with van der Waals surface area (Å²) in [6.07, 6.45) is -1.33. The summed E-state index contributed by atoms with van der Waals surface area (Å²) in [5, 5.41) is 9.84. The predicted octanol–water partition coefficient (Wildman–Crippen LogP) is 3.89. The average molecular weight is 410 g/mol. The molecule has 3 rings (SSSR count). The first-order valence-corrected chi connectivity index (χ1v) is 9.14. The van der Waals surface area contributed by atoms with Gasteiger partial charge in [0.15, 0.2) is 5.75 Å². The molecular weight excluding hydrogens is 399 g/mol. The first-order valence-electron chi connectivity index (χ1n) is 7.19. The Balaban J connectivity index is 2.27. The molecule has 0 aliphatic carbocycles. The molecule has 0 radical (unpaired) electrons. The number of halogens is 4. The molecule has 6 nitrogen and oxygen atoms in total. The Bertz CT molecular complexity index is 993. The molecule has 0 aromatic heterocycles. The number of amides is 1. The molecule has 0 spiro atoms. The summed E-state index contributed by atoms with van der Waals surface area (Å²) in [4.78, 5) is 12.4. The number of alkyl halides is 4. The van der Waals surface area contributed by atoms with Crippen molar-refractivity contribution in [1.82, 2.24) is 0 Å². The average Bonchev–Trinajstić information content (AvgIpc) is 2.92. The number of fused-ring (bicyclic) bond motifs is 3. The van der Waals surface area contributed by atoms with Gasteiger partial charge in [0.1, 0.15) is 0 Å². The first-order chi connectivity index (χ1) is 12.1. The Morgan fingerprint density at radius 1 is 1.31 bits per heavy atom. The second-order valence-electron chi connectivity index (χ2n) is 5.58. The van der Waals surface area contributed by atoms with Gasteiger partial charge in [-0.3, -0.25) is 4.90 Å². The van der Waals surface area contributed by atoms with Crippen LogP contribution >= 0.6 is 11.6 Å². The third kappa shape index (κ3) is 2.92. The molecule has 1 N–H and O–H groups in total. The molecule has 1 aliphatic heterocycles. The van der Waals surface area contributed by atoms with Gasteiger partial charge >= 0.3 is 21.7 Å². The predicted molar refractivity (Wildman–Crippen MR) is 88.4 cm³/mol. The minimum Gasteiger partial charge on any atom is -0.465 e. The third-order valence-corrected chi connectivity index (χ3v) is 5.37. The minimum absolute atomic E-state index is 0.00757. The molecule has 26 heavy (non-hydrogen) atoms. The van der Waals surface area contributed by atoms with Crippen molar-refractivity contribution in [3.05, 3.63) is 35.9 Å². The summed E-state index contributed by atoms with van der Waals surface area (Å²) < 4.78 is 65.1. The molecule has 140 valence electrons. The van der Waals surface area contributed by atoms with Crippen molar-refractivity contribution in [2.75, 3.05) is 17.3 Å². The van der Waals surface area contributed by atoms with Crippen molar-refractivity contribution in [3.8, 4) is 5.75 Å². The summed E-state index contributed by atoms with van der Waals surface area (Å²) in [6, 6.07) is 7.03. The van der Waals surface area contributed by atoms with E-state index in [2.05, 4.69) is 4.18 Å². The van der Waals surface area contributed by atoms with Crippen LogP contribution in [0.3, 0.4) is 0 Å². The maximum absolute atomic E-state index is 12.7. The van der Waals surface area contributed by atoms with E-state index in [0.29, 0.717) is 10.9 Å². The second kappa shape index (κ2) is 6.20. The summed E-state index contributed by atoms with van der Waals surface area (Å²) >= 11 is 5.92. The van der Waals surface area contributed by atoms with Gasteiger partial charge in [-0.25, -0.2) is 4.79 Å². The van der Waals surface area contributed by atoms with Crippen LogP contribution in [0, 0.1) is 0 Å². The Kier molecular flexibility index (Phi) is 4.43. The van der Waals surface area contributed by atoms with Crippen LogP contribution in [0.15, 0.2) is 30.3 Å². The first kappa shape index (κ1) is 18.6. The van der Waals surface area contributed by atoms with Gasteiger partial charge < -0.3 is 9.29 Å². The Morgan fingerprint density at radius 3 is 2.46 bits per heavy atom. The zero-order valence-corrected chi connectivity index (χ0v) is 14.4. The number of anilines is 1. The van der Waals surface area contributed by atoms with Crippen molar-refractivity contribution in [3.63, 3.8) is 0 Å². The van der Waals surface area contributed by atoms with E-state index >= 15 is 0 Å². The molecular formula is C15H11ClF3NO5S. The normalized spacial score (nSPS) is 17.4. The van der Waals surface area contributed by atoms with Gasteiger partial charge in [0.2, 0.25) is 0 Å². The number of carboxylic acid groups (broad SMARTS) is 1. The maximum Gasteiger partial charge on any atom is 0.534 e. The minimum atomic E-state index is -5.91. The molecule has 1 heterocycles. The number of hydrogen-bond donors (Lipinski definition) is 1. The van der Waals surface area contributed by atoms with E-state index < -0.39 is 27.5 Å². The van der Waals surface area contributed by atoms with Crippen LogP contribution in [-0.4, -0.2) is 37.6 Å². The Labute approximate surface area is 150 Å². The second-order valence-corrected chi connectivity index (χ2v) is 7.43. The maximum atomic E-state index is 12.7. The van der Waals surface area contributed by atoms with Crippen LogP contribution in [-0.2, 0) is 10.1 Å². The number of nitrogens with zero attached hydrogens (tertiary/aromatic N) is 1. The van der Waals surface area contributed by atoms with Crippen LogP contribution in [0.5, 0.6) is 5.75 Å². The Morgan fingerprint density at radius 2 is 1.92 bits per heavy atom. The van der Waals surface area contributed by atoms with Gasteiger partial charge in [0.25, 0.3) is 0 Å². The lowest BCUT2D eigenvalue weighted by Gasteiger charge is -2.17. The van der Waals surface area contributed by atoms with Crippen LogP contribution in [0.25, 0.3) is 10.8 Å². The van der Waals surface area contributed by atoms with Crippen LogP contribution in [0.4, 0.5) is 23.7 Å². The number of rotatable bonds is 3. The number of hydrogen-bond acceptors (Lipinski definition) is 4. The zero-order valence-electron chi connectivity index (χ0n) is 12.8. The molecule has 1 atom stereocenters. The van der Waals surface area contributed by atoms with Crippen molar-refractivity contribution in [2.45, 2.75) is 11.4 Å². The number of carbonyl (C=O) groups is 1. The van der Waals surface area contributed by atoms with Crippen molar-refractivity contribution in [1.29, 1.82) is 0 Å². The highest BCUT2D eigenvalue weighted by molar-refractivity contribution is 7.88. The van der Waals surface area contributed by atoms with Crippen molar-refractivity contribution in [2.24, 2.45) is 0 Å². The fourth-order valence-corrected chi connectivity index (χ4v) is 3.68. The molecule has 2 aromatic carbocycles. The van der Waals surface area contributed by atoms with E-state index in [-0.39, 0.29) is 29.4 Å². The molecule has 0 fully saturated rings. The van der Waals surface area contributed by atoms with Crippen LogP contribution < -0.4 is 9.08 Å². The SMILES string of the molecule is O=C(O)N1C[C@@H](CCl)c2c1cc(OS(=O)(=O)C(F)(F)F)c1ccccc21. The van der Waals surface area contributed by atoms with Gasteiger partial charge in [-0.2, -0.15) is 21.6 Å². The summed E-state index contributed by atoms with van der Waals surface area (Å²) in [5.41, 5.74) is -5.04. The highest BCUT2D eigenvalue weighted by Gasteiger charge is 2.49. The summed E-state index contributed by atoms with van der Waals surface area (Å²) in [7, 11) is -5.91. The highest BCUT2D eigenvalue weighted by atomic mass is 35.5. The lowest BCUT2D eigenvalue weighted by Crippen LogP contribution is -2.29. The van der Waals surface area contributed by atoms with E-state index in [1.165, 1.54) is 12.1 Å². The van der Waals surface area contributed by atoms with Crippen LogP contribution in [0.1, 0.15) is 11.5 Å². The Hall–Kier alpha value is -2.20. The van der Waals surface area contributed by atoms with E-state index in [0.717, 1.165) is 11.0 Å². The van der Waals surface area contributed by atoms with Gasteiger partial charge in [-0.1, -0.05) is 24.3 Å². The molecule has 0 saturated heterocycles. The molecule has 0 unspecified atom stereocenters. The summed E-state index contributed by atoms with van der Waals surface area (Å²) in [5.74, 6) is -0.902. The largest absolute Gasteiger partial charge is 0.534 e. The summed E-state index contributed by atoms with van der Waals surface area (Å²) in [6.45, 7) is 0.00757. The van der Waals surface area contributed by atoms with Crippen molar-refractivity contribution >= 4 is 44.3 Å². The molecule has 11 heteroatoms. The highest BCUT2D eigenvalue weighted by Crippen LogP contribution is 2.46. The monoisotopic (exact) mass is 409 g/mol. The molecule has 0 saturated carbocycles. The van der Waals surface area contributed by atoms with Gasteiger partial charge in [0, 0.05) is 29.8 Å². The van der Waals surface area contributed by atoms with Crippen molar-refractivity contribution < 1.29 is 35.7 Å². The molecule has 0 bridgehead atoms. The lowest BCUT2D eigenvalue weighted by molar-refractivity contribution is -0.0499. The quantitative estimate of drug-likeness (QED) is 0.472. The van der Waals surface area contributed by atoms with E-state index in [9.17, 15) is 31.5 Å². The standard InChI is InChI=1S/C15H11ClF3NO5S/c16-6-8-7-20(14(21)22)11-5-12(25-26(23,24)15(17,18)19)9-3-1-2-4-10(9)13(8)11/h1-5,8H,6-7H2,(H,21,22)/t8-/m1/s1. The topological polar surface area (TPSA) is 83.9 Å². The van der Waals surface area contributed by atoms with Gasteiger partial charge in [-0.15, -0.1) is 11.6 Å².